The average molecular weight is 248 g/mol. The highest BCUT2D eigenvalue weighted by molar-refractivity contribution is 5.58. The molecule has 2 rings (SSSR count). The Morgan fingerprint density at radius 1 is 1.00 bits per heavy atom. The molecule has 0 fully saturated rings. The maximum atomic E-state index is 11.4. The summed E-state index contributed by atoms with van der Waals surface area (Å²) in [5, 5.41) is 0. The van der Waals surface area contributed by atoms with Crippen LogP contribution < -0.4 is 0 Å². The lowest BCUT2D eigenvalue weighted by Gasteiger charge is -2.18. The third kappa shape index (κ3) is 3.33. The Morgan fingerprint density at radius 2 is 1.58 bits per heavy atom. The first-order valence-electron chi connectivity index (χ1n) is 6.35. The second kappa shape index (κ2) is 6.56. The molecule has 2 aromatic carbocycles. The predicted molar refractivity (Wildman–Crippen MR) is 77.7 cm³/mol. The first kappa shape index (κ1) is 13.1. The van der Waals surface area contributed by atoms with E-state index >= 15 is 0 Å². The normalized spacial score (nSPS) is 13.2. The highest BCUT2D eigenvalue weighted by Gasteiger charge is 2.20. The van der Waals surface area contributed by atoms with Gasteiger partial charge in [-0.2, -0.15) is 0 Å². The number of rotatable bonds is 5. The summed E-state index contributed by atoms with van der Waals surface area (Å²) >= 11 is 0. The van der Waals surface area contributed by atoms with Gasteiger partial charge in [-0.1, -0.05) is 66.6 Å². The SMILES string of the molecule is C#C[C@@H](c1ccccc1)[C@H](C=O)Cc1ccccc1. The Hall–Kier alpha value is -2.33. The summed E-state index contributed by atoms with van der Waals surface area (Å²) < 4.78 is 0. The summed E-state index contributed by atoms with van der Waals surface area (Å²) in [4.78, 5) is 11.4. The van der Waals surface area contributed by atoms with E-state index in [2.05, 4.69) is 5.92 Å². The number of hydrogen-bond donors (Lipinski definition) is 0. The van der Waals surface area contributed by atoms with Crippen LogP contribution in [0.15, 0.2) is 60.7 Å². The molecule has 94 valence electrons. The maximum Gasteiger partial charge on any atom is 0.124 e. The topological polar surface area (TPSA) is 17.1 Å². The minimum Gasteiger partial charge on any atom is -0.303 e. The number of carbonyl (C=O) groups excluding carboxylic acids is 1. The van der Waals surface area contributed by atoms with Crippen molar-refractivity contribution in [3.05, 3.63) is 71.8 Å². The molecule has 0 heterocycles. The quantitative estimate of drug-likeness (QED) is 0.585. The van der Waals surface area contributed by atoms with Crippen LogP contribution in [0.5, 0.6) is 0 Å². The lowest BCUT2D eigenvalue weighted by molar-refractivity contribution is -0.111. The molecule has 0 spiro atoms. The molecule has 1 nitrogen and oxygen atoms in total. The van der Waals surface area contributed by atoms with Crippen molar-refractivity contribution in [3.8, 4) is 12.3 Å². The third-order valence-corrected chi connectivity index (χ3v) is 3.26. The Balaban J connectivity index is 2.21. The Labute approximate surface area is 114 Å². The molecule has 0 aliphatic rings. The summed E-state index contributed by atoms with van der Waals surface area (Å²) in [5.74, 6) is 2.41. The molecule has 0 bridgehead atoms. The molecule has 19 heavy (non-hydrogen) atoms. The van der Waals surface area contributed by atoms with Crippen molar-refractivity contribution in [3.63, 3.8) is 0 Å². The predicted octanol–water partition coefficient (Wildman–Crippen LogP) is 3.46. The Morgan fingerprint density at radius 3 is 2.11 bits per heavy atom. The van der Waals surface area contributed by atoms with Gasteiger partial charge in [-0.15, -0.1) is 6.42 Å². The van der Waals surface area contributed by atoms with Crippen LogP contribution in [0, 0.1) is 18.3 Å². The van der Waals surface area contributed by atoms with Gasteiger partial charge in [0.1, 0.15) is 6.29 Å². The number of terminal acetylenes is 1. The van der Waals surface area contributed by atoms with Crippen molar-refractivity contribution in [2.75, 3.05) is 0 Å². The molecule has 0 aliphatic carbocycles. The largest absolute Gasteiger partial charge is 0.303 e. The van der Waals surface area contributed by atoms with Gasteiger partial charge < -0.3 is 4.79 Å². The molecule has 0 unspecified atom stereocenters. The zero-order valence-corrected chi connectivity index (χ0v) is 10.7. The van der Waals surface area contributed by atoms with Crippen molar-refractivity contribution in [2.45, 2.75) is 12.3 Å². The molecule has 2 aromatic rings. The van der Waals surface area contributed by atoms with E-state index in [0.29, 0.717) is 6.42 Å². The van der Waals surface area contributed by atoms with Crippen LogP contribution >= 0.6 is 0 Å². The van der Waals surface area contributed by atoms with Gasteiger partial charge in [0.2, 0.25) is 0 Å². The molecule has 0 amide bonds. The molecule has 0 saturated carbocycles. The second-order valence-corrected chi connectivity index (χ2v) is 4.54. The third-order valence-electron chi connectivity index (χ3n) is 3.26. The molecule has 0 aliphatic heterocycles. The average Bonchev–Trinajstić information content (AvgIpc) is 2.49. The molecule has 1 heteroatoms. The van der Waals surface area contributed by atoms with E-state index in [4.69, 9.17) is 6.42 Å². The summed E-state index contributed by atoms with van der Waals surface area (Å²) in [6.07, 6.45) is 7.28. The molecule has 0 saturated heterocycles. The van der Waals surface area contributed by atoms with Gasteiger partial charge in [0.05, 0.1) is 5.92 Å². The minimum atomic E-state index is -0.185. The lowest BCUT2D eigenvalue weighted by Crippen LogP contribution is -2.16. The van der Waals surface area contributed by atoms with Crippen LogP contribution in [-0.2, 0) is 11.2 Å². The second-order valence-electron chi connectivity index (χ2n) is 4.54. The van der Waals surface area contributed by atoms with E-state index in [-0.39, 0.29) is 11.8 Å². The summed E-state index contributed by atoms with van der Waals surface area (Å²) in [5.41, 5.74) is 2.16. The van der Waals surface area contributed by atoms with Gasteiger partial charge in [-0.05, 0) is 17.5 Å². The first-order chi connectivity index (χ1) is 9.35. The van der Waals surface area contributed by atoms with Crippen LogP contribution in [0.3, 0.4) is 0 Å². The molecular formula is C18H16O. The van der Waals surface area contributed by atoms with Crippen LogP contribution in [0.1, 0.15) is 17.0 Å². The molecule has 0 radical (unpaired) electrons. The number of carbonyl (C=O) groups is 1. The highest BCUT2D eigenvalue weighted by Crippen LogP contribution is 2.25. The fourth-order valence-corrected chi connectivity index (χ4v) is 2.26. The maximum absolute atomic E-state index is 11.4. The van der Waals surface area contributed by atoms with Crippen LogP contribution in [0.25, 0.3) is 0 Å². The highest BCUT2D eigenvalue weighted by atomic mass is 16.1. The van der Waals surface area contributed by atoms with E-state index < -0.39 is 0 Å². The van der Waals surface area contributed by atoms with Crippen LogP contribution in [0.2, 0.25) is 0 Å². The van der Waals surface area contributed by atoms with Gasteiger partial charge in [-0.3, -0.25) is 0 Å². The smallest absolute Gasteiger partial charge is 0.124 e. The molecule has 2 atom stereocenters. The van der Waals surface area contributed by atoms with Gasteiger partial charge in [0.15, 0.2) is 0 Å². The van der Waals surface area contributed by atoms with Gasteiger partial charge >= 0.3 is 0 Å². The lowest BCUT2D eigenvalue weighted by atomic mass is 9.83. The van der Waals surface area contributed by atoms with Crippen LogP contribution in [0.4, 0.5) is 0 Å². The summed E-state index contributed by atoms with van der Waals surface area (Å²) in [7, 11) is 0. The molecule has 0 aromatic heterocycles. The fourth-order valence-electron chi connectivity index (χ4n) is 2.26. The minimum absolute atomic E-state index is 0.168. The Bertz CT molecular complexity index is 551. The molecule has 0 N–H and O–H groups in total. The summed E-state index contributed by atoms with van der Waals surface area (Å²) in [6.45, 7) is 0. The number of hydrogen-bond acceptors (Lipinski definition) is 1. The number of aldehydes is 1. The summed E-state index contributed by atoms with van der Waals surface area (Å²) in [6, 6.07) is 19.8. The van der Waals surface area contributed by atoms with Crippen molar-refractivity contribution in [1.82, 2.24) is 0 Å². The van der Waals surface area contributed by atoms with E-state index in [1.54, 1.807) is 0 Å². The first-order valence-corrected chi connectivity index (χ1v) is 6.35. The standard InChI is InChI=1S/C18H16O/c1-2-18(16-11-7-4-8-12-16)17(14-19)13-15-9-5-3-6-10-15/h1,3-12,14,17-18H,13H2/t17-,18-/m0/s1. The Kier molecular flexibility index (Phi) is 4.53. The van der Waals surface area contributed by atoms with E-state index in [1.807, 2.05) is 60.7 Å². The van der Waals surface area contributed by atoms with Crippen LogP contribution in [-0.4, -0.2) is 6.29 Å². The zero-order chi connectivity index (χ0) is 13.5. The van der Waals surface area contributed by atoms with E-state index in [9.17, 15) is 4.79 Å². The number of benzene rings is 2. The molecular weight excluding hydrogens is 232 g/mol. The monoisotopic (exact) mass is 248 g/mol. The van der Waals surface area contributed by atoms with Gasteiger partial charge in [-0.25, -0.2) is 0 Å². The fraction of sp³-hybridized carbons (Fsp3) is 0.167. The zero-order valence-electron chi connectivity index (χ0n) is 10.7. The van der Waals surface area contributed by atoms with Crippen molar-refractivity contribution in [2.24, 2.45) is 5.92 Å². The van der Waals surface area contributed by atoms with E-state index in [0.717, 1.165) is 17.4 Å². The van der Waals surface area contributed by atoms with Crippen molar-refractivity contribution < 1.29 is 4.79 Å². The van der Waals surface area contributed by atoms with Crippen molar-refractivity contribution in [1.29, 1.82) is 0 Å². The van der Waals surface area contributed by atoms with Crippen molar-refractivity contribution >= 4 is 6.29 Å². The van der Waals surface area contributed by atoms with E-state index in [1.165, 1.54) is 0 Å². The van der Waals surface area contributed by atoms with Gasteiger partial charge in [0, 0.05) is 5.92 Å². The van der Waals surface area contributed by atoms with Gasteiger partial charge in [0.25, 0.3) is 0 Å².